The van der Waals surface area contributed by atoms with E-state index in [4.69, 9.17) is 14.2 Å². The lowest BCUT2D eigenvalue weighted by Crippen LogP contribution is -2.30. The third-order valence-corrected chi connectivity index (χ3v) is 10.8. The third kappa shape index (κ3) is 44.6. The first-order valence-corrected chi connectivity index (χ1v) is 24.6. The van der Waals surface area contributed by atoms with Crippen LogP contribution < -0.4 is 0 Å². The van der Waals surface area contributed by atoms with E-state index in [1.165, 1.54) is 204 Å². The minimum atomic E-state index is -0.878. The van der Waals surface area contributed by atoms with Gasteiger partial charge in [-0.25, -0.2) is 14.4 Å². The van der Waals surface area contributed by atoms with Crippen LogP contribution >= 0.6 is 0 Å². The van der Waals surface area contributed by atoms with Crippen LogP contribution in [0.2, 0.25) is 0 Å². The highest BCUT2D eigenvalue weighted by molar-refractivity contribution is 5.83. The average molecular weight is 801 g/mol. The maximum atomic E-state index is 12.6. The molecule has 0 saturated heterocycles. The summed E-state index contributed by atoms with van der Waals surface area (Å²) in [4.78, 5) is 37.5. The molecule has 0 amide bonds. The molecular formula is C51H92O6. The summed E-state index contributed by atoms with van der Waals surface area (Å²) in [7, 11) is 0. The van der Waals surface area contributed by atoms with Crippen LogP contribution in [0.15, 0.2) is 36.5 Å². The molecule has 0 aromatic rings. The van der Waals surface area contributed by atoms with Gasteiger partial charge in [0, 0.05) is 18.2 Å². The van der Waals surface area contributed by atoms with Gasteiger partial charge in [0.05, 0.1) is 0 Å². The fourth-order valence-electron chi connectivity index (χ4n) is 7.08. The van der Waals surface area contributed by atoms with Crippen LogP contribution in [0.3, 0.4) is 0 Å². The maximum absolute atomic E-state index is 12.6. The van der Waals surface area contributed by atoms with Gasteiger partial charge >= 0.3 is 17.9 Å². The number of unbranched alkanes of at least 4 members (excludes halogenated alkanes) is 33. The van der Waals surface area contributed by atoms with Crippen molar-refractivity contribution in [2.75, 3.05) is 13.2 Å². The van der Waals surface area contributed by atoms with Crippen molar-refractivity contribution in [3.63, 3.8) is 0 Å². The number of ether oxygens (including phenoxy) is 3. The Morgan fingerprint density at radius 2 is 0.561 bits per heavy atom. The Morgan fingerprint density at radius 3 is 0.825 bits per heavy atom. The molecule has 332 valence electrons. The molecule has 0 aliphatic rings. The highest BCUT2D eigenvalue weighted by atomic mass is 16.6. The van der Waals surface area contributed by atoms with Gasteiger partial charge in [-0.3, -0.25) is 0 Å². The summed E-state index contributed by atoms with van der Waals surface area (Å²) in [6.07, 6.45) is 53.9. The number of carbonyl (C=O) groups excluding carboxylic acids is 3. The molecule has 0 aliphatic heterocycles. The van der Waals surface area contributed by atoms with Crippen LogP contribution in [0.5, 0.6) is 0 Å². The largest absolute Gasteiger partial charge is 0.458 e. The zero-order chi connectivity index (χ0) is 41.5. The van der Waals surface area contributed by atoms with Crippen molar-refractivity contribution >= 4 is 17.9 Å². The van der Waals surface area contributed by atoms with E-state index >= 15 is 0 Å². The highest BCUT2D eigenvalue weighted by Crippen LogP contribution is 2.15. The molecule has 0 saturated carbocycles. The first kappa shape index (κ1) is 54.6. The number of carbonyl (C=O) groups is 3. The molecule has 0 bridgehead atoms. The number of hydrogen-bond acceptors (Lipinski definition) is 6. The average Bonchev–Trinajstić information content (AvgIpc) is 3.21. The Balaban J connectivity index is 4.50. The topological polar surface area (TPSA) is 78.9 Å². The van der Waals surface area contributed by atoms with Gasteiger partial charge < -0.3 is 14.2 Å². The van der Waals surface area contributed by atoms with E-state index in [1.54, 1.807) is 0 Å². The first-order valence-electron chi connectivity index (χ1n) is 24.6. The molecule has 6 heteroatoms. The summed E-state index contributed by atoms with van der Waals surface area (Å²) in [5.74, 6) is -1.48. The van der Waals surface area contributed by atoms with Gasteiger partial charge in [-0.05, 0) is 38.5 Å². The van der Waals surface area contributed by atoms with Gasteiger partial charge in [-0.2, -0.15) is 0 Å². The number of allylic oxidation sites excluding steroid dienone is 3. The van der Waals surface area contributed by atoms with Gasteiger partial charge in [0.1, 0.15) is 13.2 Å². The number of rotatable bonds is 44. The molecule has 57 heavy (non-hydrogen) atoms. The van der Waals surface area contributed by atoms with Crippen molar-refractivity contribution in [3.05, 3.63) is 36.5 Å². The smallest absolute Gasteiger partial charge is 0.330 e. The second kappa shape index (κ2) is 46.3. The molecule has 0 fully saturated rings. The number of hydrogen-bond donors (Lipinski definition) is 0. The maximum Gasteiger partial charge on any atom is 0.330 e. The molecule has 0 N–H and O–H groups in total. The van der Waals surface area contributed by atoms with Crippen molar-refractivity contribution in [2.45, 2.75) is 258 Å². The van der Waals surface area contributed by atoms with Crippen molar-refractivity contribution in [1.29, 1.82) is 0 Å². The van der Waals surface area contributed by atoms with Gasteiger partial charge in [-0.1, -0.05) is 232 Å². The Bertz CT molecular complexity index is 917. The Hall–Kier alpha value is -2.37. The van der Waals surface area contributed by atoms with E-state index in [9.17, 15) is 14.4 Å². The highest BCUT2D eigenvalue weighted by Gasteiger charge is 2.17. The summed E-state index contributed by atoms with van der Waals surface area (Å²) in [5, 5.41) is 0. The predicted octanol–water partition coefficient (Wildman–Crippen LogP) is 15.8. The second-order valence-electron chi connectivity index (χ2n) is 16.5. The van der Waals surface area contributed by atoms with E-state index < -0.39 is 24.0 Å². The molecule has 0 unspecified atom stereocenters. The predicted molar refractivity (Wildman–Crippen MR) is 242 cm³/mol. The zero-order valence-electron chi connectivity index (χ0n) is 37.9. The summed E-state index contributed by atoms with van der Waals surface area (Å²) >= 11 is 0. The summed E-state index contributed by atoms with van der Waals surface area (Å²) in [6, 6.07) is 0. The van der Waals surface area contributed by atoms with Crippen LogP contribution in [0, 0.1) is 0 Å². The minimum Gasteiger partial charge on any atom is -0.458 e. The van der Waals surface area contributed by atoms with Crippen molar-refractivity contribution in [2.24, 2.45) is 0 Å². The van der Waals surface area contributed by atoms with Crippen molar-refractivity contribution in [3.8, 4) is 0 Å². The molecule has 0 spiro atoms. The van der Waals surface area contributed by atoms with Crippen LogP contribution in [0.25, 0.3) is 0 Å². The summed E-state index contributed by atoms with van der Waals surface area (Å²) < 4.78 is 16.4. The fourth-order valence-corrected chi connectivity index (χ4v) is 7.08. The van der Waals surface area contributed by atoms with Crippen molar-refractivity contribution < 1.29 is 28.6 Å². The van der Waals surface area contributed by atoms with Crippen LogP contribution in [0.1, 0.15) is 252 Å². The zero-order valence-corrected chi connectivity index (χ0v) is 37.9. The fraction of sp³-hybridized carbons (Fsp3) is 0.824. The lowest BCUT2D eigenvalue weighted by atomic mass is 10.1. The normalized spacial score (nSPS) is 12.3. The third-order valence-electron chi connectivity index (χ3n) is 10.8. The van der Waals surface area contributed by atoms with Crippen molar-refractivity contribution in [1.82, 2.24) is 0 Å². The second-order valence-corrected chi connectivity index (χ2v) is 16.5. The van der Waals surface area contributed by atoms with Gasteiger partial charge in [0.25, 0.3) is 0 Å². The standard InChI is InChI=1S/C51H92O6/c1-4-7-10-13-16-19-22-25-28-31-34-37-40-43-49(52)55-46-48(57-51(54)45-42-39-36-33-30-27-24-21-18-15-12-9-6-3)47-56-50(53)44-41-38-35-32-29-26-23-20-17-14-11-8-5-2/h40-45,48H,4-39,46-47H2,1-3H3. The molecule has 0 heterocycles. The molecule has 0 atom stereocenters. The van der Waals surface area contributed by atoms with Gasteiger partial charge in [-0.15, -0.1) is 0 Å². The van der Waals surface area contributed by atoms with Gasteiger partial charge in [0.2, 0.25) is 0 Å². The van der Waals surface area contributed by atoms with E-state index in [-0.39, 0.29) is 13.2 Å². The summed E-state index contributed by atoms with van der Waals surface area (Å²) in [5.41, 5.74) is 0. The van der Waals surface area contributed by atoms with Crippen LogP contribution in [-0.2, 0) is 28.6 Å². The SMILES string of the molecule is CCCCCCCCCCCCCC=CC(=O)OCC(COC(=O)C=CCCCCCCCCCCCCC)OC(=O)C=CCCCCCCCCCCCCC. The molecular weight excluding hydrogens is 709 g/mol. The molecule has 0 rings (SSSR count). The van der Waals surface area contributed by atoms with Crippen LogP contribution in [-0.4, -0.2) is 37.2 Å². The molecule has 0 aromatic carbocycles. The van der Waals surface area contributed by atoms with E-state index in [1.807, 2.05) is 18.2 Å². The number of esters is 3. The monoisotopic (exact) mass is 801 g/mol. The molecule has 0 radical (unpaired) electrons. The Morgan fingerprint density at radius 1 is 0.333 bits per heavy atom. The molecule has 6 nitrogen and oxygen atoms in total. The Labute approximate surface area is 353 Å². The molecule has 0 aromatic heterocycles. The lowest BCUT2D eigenvalue weighted by Gasteiger charge is -2.16. The first-order chi connectivity index (χ1) is 28.0. The van der Waals surface area contributed by atoms with E-state index in [0.29, 0.717) is 0 Å². The van der Waals surface area contributed by atoms with Gasteiger partial charge in [0.15, 0.2) is 6.10 Å². The summed E-state index contributed by atoms with van der Waals surface area (Å²) in [6.45, 7) is 6.43. The van der Waals surface area contributed by atoms with E-state index in [2.05, 4.69) is 20.8 Å². The lowest BCUT2D eigenvalue weighted by molar-refractivity contribution is -0.160. The Kier molecular flexibility index (Phi) is 44.4. The minimum absolute atomic E-state index is 0.171. The molecule has 0 aliphatic carbocycles. The quantitative estimate of drug-likeness (QED) is 0.0264. The van der Waals surface area contributed by atoms with Crippen LogP contribution in [0.4, 0.5) is 0 Å². The van der Waals surface area contributed by atoms with E-state index in [0.717, 1.165) is 44.9 Å².